The van der Waals surface area contributed by atoms with Crippen molar-refractivity contribution in [3.8, 4) is 11.3 Å². The van der Waals surface area contributed by atoms with Crippen molar-refractivity contribution in [1.82, 2.24) is 0 Å². The fourth-order valence-corrected chi connectivity index (χ4v) is 2.07. The molecule has 0 aliphatic carbocycles. The van der Waals surface area contributed by atoms with Crippen LogP contribution in [0.25, 0.3) is 11.3 Å². The Balaban J connectivity index is 2.47. The SMILES string of the molecule is CC(N)c1ccc(-c2cccc(Cl)c2Br)o1. The van der Waals surface area contributed by atoms with Gasteiger partial charge in [0, 0.05) is 10.0 Å². The van der Waals surface area contributed by atoms with Gasteiger partial charge in [0.15, 0.2) is 0 Å². The number of nitrogens with two attached hydrogens (primary N) is 1. The van der Waals surface area contributed by atoms with E-state index in [-0.39, 0.29) is 6.04 Å². The highest BCUT2D eigenvalue weighted by molar-refractivity contribution is 9.10. The van der Waals surface area contributed by atoms with Gasteiger partial charge in [0.05, 0.1) is 11.1 Å². The molecule has 4 heteroatoms. The number of furan rings is 1. The highest BCUT2D eigenvalue weighted by Crippen LogP contribution is 2.35. The summed E-state index contributed by atoms with van der Waals surface area (Å²) in [6.45, 7) is 1.88. The molecule has 1 aromatic heterocycles. The second kappa shape index (κ2) is 4.62. The van der Waals surface area contributed by atoms with E-state index in [0.29, 0.717) is 5.02 Å². The molecule has 2 rings (SSSR count). The summed E-state index contributed by atoms with van der Waals surface area (Å²) >= 11 is 9.46. The van der Waals surface area contributed by atoms with Crippen LogP contribution in [0.4, 0.5) is 0 Å². The summed E-state index contributed by atoms with van der Waals surface area (Å²) in [5, 5.41) is 0.663. The third kappa shape index (κ3) is 2.17. The fourth-order valence-electron chi connectivity index (χ4n) is 1.44. The second-order valence-electron chi connectivity index (χ2n) is 3.59. The third-order valence-electron chi connectivity index (χ3n) is 2.29. The zero-order chi connectivity index (χ0) is 11.7. The predicted octanol–water partition coefficient (Wildman–Crippen LogP) is 4.38. The first-order valence-corrected chi connectivity index (χ1v) is 6.06. The Hall–Kier alpha value is -0.770. The zero-order valence-corrected chi connectivity index (χ0v) is 11.0. The van der Waals surface area contributed by atoms with Crippen molar-refractivity contribution in [2.45, 2.75) is 13.0 Å². The van der Waals surface area contributed by atoms with Crippen molar-refractivity contribution in [1.29, 1.82) is 0 Å². The van der Waals surface area contributed by atoms with Crippen molar-refractivity contribution >= 4 is 27.5 Å². The van der Waals surface area contributed by atoms with E-state index in [1.54, 1.807) is 0 Å². The summed E-state index contributed by atoms with van der Waals surface area (Å²) in [6, 6.07) is 9.33. The van der Waals surface area contributed by atoms with Crippen molar-refractivity contribution < 1.29 is 4.42 Å². The molecule has 1 atom stereocenters. The molecule has 0 fully saturated rings. The Morgan fingerprint density at radius 1 is 1.31 bits per heavy atom. The summed E-state index contributed by atoms with van der Waals surface area (Å²) in [5.74, 6) is 1.53. The molecule has 0 spiro atoms. The molecule has 84 valence electrons. The van der Waals surface area contributed by atoms with Crippen LogP contribution in [0.3, 0.4) is 0 Å². The average Bonchev–Trinajstić information content (AvgIpc) is 2.71. The molecule has 0 bridgehead atoms. The van der Waals surface area contributed by atoms with E-state index in [9.17, 15) is 0 Å². The van der Waals surface area contributed by atoms with E-state index in [4.69, 9.17) is 21.8 Å². The lowest BCUT2D eigenvalue weighted by Gasteiger charge is -2.03. The van der Waals surface area contributed by atoms with E-state index in [0.717, 1.165) is 21.6 Å². The first-order chi connectivity index (χ1) is 7.59. The van der Waals surface area contributed by atoms with Gasteiger partial charge in [-0.3, -0.25) is 0 Å². The summed E-state index contributed by atoms with van der Waals surface area (Å²) in [4.78, 5) is 0. The quantitative estimate of drug-likeness (QED) is 0.894. The molecule has 16 heavy (non-hydrogen) atoms. The van der Waals surface area contributed by atoms with Crippen LogP contribution < -0.4 is 5.73 Å². The molecule has 0 aliphatic heterocycles. The number of hydrogen-bond acceptors (Lipinski definition) is 2. The summed E-state index contributed by atoms with van der Waals surface area (Å²) in [5.41, 5.74) is 6.67. The van der Waals surface area contributed by atoms with Crippen LogP contribution in [-0.4, -0.2) is 0 Å². The molecular weight excluding hydrogens is 289 g/mol. The predicted molar refractivity (Wildman–Crippen MR) is 69.5 cm³/mol. The highest BCUT2D eigenvalue weighted by Gasteiger charge is 2.11. The van der Waals surface area contributed by atoms with Gasteiger partial charge in [-0.25, -0.2) is 0 Å². The Bertz CT molecular complexity index is 507. The summed E-state index contributed by atoms with van der Waals surface area (Å²) < 4.78 is 6.49. The van der Waals surface area contributed by atoms with Gasteiger partial charge in [-0.2, -0.15) is 0 Å². The van der Waals surface area contributed by atoms with E-state index in [1.165, 1.54) is 0 Å². The van der Waals surface area contributed by atoms with Crippen LogP contribution in [-0.2, 0) is 0 Å². The second-order valence-corrected chi connectivity index (χ2v) is 4.79. The maximum absolute atomic E-state index is 6.02. The average molecular weight is 301 g/mol. The lowest BCUT2D eigenvalue weighted by Crippen LogP contribution is -2.02. The van der Waals surface area contributed by atoms with Crippen LogP contribution >= 0.6 is 27.5 Å². The van der Waals surface area contributed by atoms with E-state index in [1.807, 2.05) is 37.3 Å². The molecule has 2 aromatic rings. The van der Waals surface area contributed by atoms with Gasteiger partial charge in [-0.1, -0.05) is 17.7 Å². The van der Waals surface area contributed by atoms with Gasteiger partial charge in [0.25, 0.3) is 0 Å². The van der Waals surface area contributed by atoms with Crippen LogP contribution in [0.1, 0.15) is 18.7 Å². The van der Waals surface area contributed by atoms with Crippen LogP contribution in [0.5, 0.6) is 0 Å². The molecule has 2 nitrogen and oxygen atoms in total. The molecule has 0 radical (unpaired) electrons. The van der Waals surface area contributed by atoms with Crippen LogP contribution in [0.2, 0.25) is 5.02 Å². The highest BCUT2D eigenvalue weighted by atomic mass is 79.9. The van der Waals surface area contributed by atoms with Gasteiger partial charge >= 0.3 is 0 Å². The third-order valence-corrected chi connectivity index (χ3v) is 3.69. The number of hydrogen-bond donors (Lipinski definition) is 1. The Morgan fingerprint density at radius 3 is 2.69 bits per heavy atom. The van der Waals surface area contributed by atoms with E-state index in [2.05, 4.69) is 15.9 Å². The molecule has 1 heterocycles. The molecule has 2 N–H and O–H groups in total. The van der Waals surface area contributed by atoms with Crippen molar-refractivity contribution in [2.24, 2.45) is 5.73 Å². The Kier molecular flexibility index (Phi) is 3.38. The smallest absolute Gasteiger partial charge is 0.135 e. The van der Waals surface area contributed by atoms with Crippen LogP contribution in [0.15, 0.2) is 39.2 Å². The molecular formula is C12H11BrClNO. The monoisotopic (exact) mass is 299 g/mol. The first-order valence-electron chi connectivity index (χ1n) is 4.89. The number of benzene rings is 1. The van der Waals surface area contributed by atoms with Gasteiger partial charge in [-0.05, 0) is 47.1 Å². The molecule has 0 saturated heterocycles. The maximum Gasteiger partial charge on any atom is 0.135 e. The lowest BCUT2D eigenvalue weighted by molar-refractivity contribution is 0.491. The van der Waals surface area contributed by atoms with Crippen LogP contribution in [0, 0.1) is 0 Å². The summed E-state index contributed by atoms with van der Waals surface area (Å²) in [7, 11) is 0. The van der Waals surface area contributed by atoms with E-state index < -0.39 is 0 Å². The lowest BCUT2D eigenvalue weighted by atomic mass is 10.2. The normalized spacial score (nSPS) is 12.8. The Labute approximate surface area is 108 Å². The standard InChI is InChI=1S/C12H11BrClNO/c1-7(15)10-5-6-11(16-10)8-3-2-4-9(14)12(8)13/h2-7H,15H2,1H3. The summed E-state index contributed by atoms with van der Waals surface area (Å²) in [6.07, 6.45) is 0. The molecule has 0 saturated carbocycles. The van der Waals surface area contributed by atoms with Crippen molar-refractivity contribution in [3.05, 3.63) is 45.6 Å². The van der Waals surface area contributed by atoms with Crippen molar-refractivity contribution in [3.63, 3.8) is 0 Å². The molecule has 0 amide bonds. The maximum atomic E-state index is 6.02. The van der Waals surface area contributed by atoms with Gasteiger partial charge < -0.3 is 10.2 Å². The topological polar surface area (TPSA) is 39.2 Å². The number of halogens is 2. The van der Waals surface area contributed by atoms with Gasteiger partial charge in [0.1, 0.15) is 11.5 Å². The zero-order valence-electron chi connectivity index (χ0n) is 8.71. The minimum Gasteiger partial charge on any atom is -0.459 e. The Morgan fingerprint density at radius 2 is 2.06 bits per heavy atom. The minimum absolute atomic E-state index is 0.105. The molecule has 1 aromatic carbocycles. The fraction of sp³-hybridized carbons (Fsp3) is 0.167. The number of rotatable bonds is 2. The van der Waals surface area contributed by atoms with Gasteiger partial charge in [-0.15, -0.1) is 0 Å². The first kappa shape index (κ1) is 11.7. The van der Waals surface area contributed by atoms with Gasteiger partial charge in [0.2, 0.25) is 0 Å². The minimum atomic E-state index is -0.105. The molecule has 1 unspecified atom stereocenters. The van der Waals surface area contributed by atoms with Crippen molar-refractivity contribution in [2.75, 3.05) is 0 Å². The largest absolute Gasteiger partial charge is 0.459 e. The van der Waals surface area contributed by atoms with E-state index >= 15 is 0 Å². The molecule has 0 aliphatic rings.